The molecular formula is C30H31ClFN5O2. The molecule has 7 rings (SSSR count). The fourth-order valence-electron chi connectivity index (χ4n) is 6.65. The molecule has 0 radical (unpaired) electrons. The first-order valence-corrected chi connectivity index (χ1v) is 14.1. The summed E-state index contributed by atoms with van der Waals surface area (Å²) in [5.74, 6) is 1.49. The van der Waals surface area contributed by atoms with Crippen LogP contribution in [0.4, 0.5) is 10.2 Å². The number of methoxy groups -OCH3 is 1. The summed E-state index contributed by atoms with van der Waals surface area (Å²) in [6.07, 6.45) is 6.45. The minimum absolute atomic E-state index is 0.124. The molecule has 1 N–H and O–H groups in total. The van der Waals surface area contributed by atoms with Crippen LogP contribution in [-0.4, -0.2) is 60.4 Å². The van der Waals surface area contributed by atoms with Crippen LogP contribution in [0.1, 0.15) is 25.7 Å². The van der Waals surface area contributed by atoms with Gasteiger partial charge >= 0.3 is 6.01 Å². The van der Waals surface area contributed by atoms with E-state index in [1.54, 1.807) is 13.3 Å². The van der Waals surface area contributed by atoms with Crippen molar-refractivity contribution in [1.82, 2.24) is 20.3 Å². The van der Waals surface area contributed by atoms with Crippen molar-refractivity contribution in [2.24, 2.45) is 11.8 Å². The lowest BCUT2D eigenvalue weighted by Crippen LogP contribution is -2.37. The molecule has 1 saturated carbocycles. The number of nitrogens with one attached hydrogen (secondary N) is 1. The molecule has 2 aromatic carbocycles. The Morgan fingerprint density at radius 3 is 2.64 bits per heavy atom. The highest BCUT2D eigenvalue weighted by molar-refractivity contribution is 6.36. The molecular weight excluding hydrogens is 517 g/mol. The molecule has 4 atom stereocenters. The number of pyridine rings is 1. The molecule has 2 aliphatic heterocycles. The number of piperidine rings is 1. The minimum Gasteiger partial charge on any atom is -0.462 e. The molecule has 2 saturated heterocycles. The van der Waals surface area contributed by atoms with E-state index in [9.17, 15) is 0 Å². The Morgan fingerprint density at radius 1 is 1.08 bits per heavy atom. The molecule has 0 spiro atoms. The number of hydrogen-bond acceptors (Lipinski definition) is 7. The molecule has 202 valence electrons. The summed E-state index contributed by atoms with van der Waals surface area (Å²) in [6, 6.07) is 11.7. The van der Waals surface area contributed by atoms with E-state index in [-0.39, 0.29) is 29.4 Å². The van der Waals surface area contributed by atoms with Gasteiger partial charge in [-0.05, 0) is 49.0 Å². The highest BCUT2D eigenvalue weighted by Crippen LogP contribution is 2.41. The third-order valence-electron chi connectivity index (χ3n) is 8.59. The van der Waals surface area contributed by atoms with E-state index in [1.807, 2.05) is 36.4 Å². The quantitative estimate of drug-likeness (QED) is 0.335. The number of rotatable bonds is 6. The van der Waals surface area contributed by atoms with Crippen LogP contribution in [0.2, 0.25) is 5.02 Å². The van der Waals surface area contributed by atoms with Crippen molar-refractivity contribution >= 4 is 39.1 Å². The fraction of sp³-hybridized carbons (Fsp3) is 0.433. The van der Waals surface area contributed by atoms with Gasteiger partial charge in [0.1, 0.15) is 23.6 Å². The lowest BCUT2D eigenvalue weighted by atomic mass is 9.98. The highest BCUT2D eigenvalue weighted by atomic mass is 35.5. The van der Waals surface area contributed by atoms with Gasteiger partial charge in [0.15, 0.2) is 5.82 Å². The largest absolute Gasteiger partial charge is 0.462 e. The summed E-state index contributed by atoms with van der Waals surface area (Å²) < 4.78 is 28.0. The van der Waals surface area contributed by atoms with Crippen molar-refractivity contribution in [2.75, 3.05) is 38.3 Å². The fourth-order valence-corrected chi connectivity index (χ4v) is 6.94. The summed E-state index contributed by atoms with van der Waals surface area (Å²) in [5, 5.41) is 6.27. The van der Waals surface area contributed by atoms with E-state index in [0.29, 0.717) is 40.2 Å². The molecule has 1 aliphatic carbocycles. The lowest BCUT2D eigenvalue weighted by Gasteiger charge is -2.33. The van der Waals surface area contributed by atoms with Gasteiger partial charge in [0, 0.05) is 55.0 Å². The highest BCUT2D eigenvalue weighted by Gasteiger charge is 2.35. The number of halogens is 2. The molecule has 4 aromatic rings. The maximum Gasteiger partial charge on any atom is 0.319 e. The molecule has 7 nitrogen and oxygen atoms in total. The predicted octanol–water partition coefficient (Wildman–Crippen LogP) is 5.63. The maximum absolute atomic E-state index is 16.4. The van der Waals surface area contributed by atoms with E-state index in [0.717, 1.165) is 36.8 Å². The Morgan fingerprint density at radius 2 is 1.87 bits per heavy atom. The third kappa shape index (κ3) is 4.58. The molecule has 9 heteroatoms. The van der Waals surface area contributed by atoms with Crippen LogP contribution in [0.15, 0.2) is 42.6 Å². The van der Waals surface area contributed by atoms with E-state index in [2.05, 4.69) is 20.2 Å². The smallest absolute Gasteiger partial charge is 0.319 e. The van der Waals surface area contributed by atoms with Crippen molar-refractivity contribution in [2.45, 2.75) is 37.8 Å². The van der Waals surface area contributed by atoms with Crippen LogP contribution in [-0.2, 0) is 4.74 Å². The van der Waals surface area contributed by atoms with E-state index in [4.69, 9.17) is 26.1 Å². The van der Waals surface area contributed by atoms with Crippen molar-refractivity contribution in [3.63, 3.8) is 0 Å². The zero-order valence-electron chi connectivity index (χ0n) is 21.9. The van der Waals surface area contributed by atoms with Gasteiger partial charge in [-0.1, -0.05) is 41.9 Å². The van der Waals surface area contributed by atoms with E-state index in [1.165, 1.54) is 19.3 Å². The second-order valence-electron chi connectivity index (χ2n) is 11.1. The van der Waals surface area contributed by atoms with E-state index >= 15 is 4.39 Å². The average molecular weight is 548 g/mol. The van der Waals surface area contributed by atoms with Gasteiger partial charge < -0.3 is 19.7 Å². The Balaban J connectivity index is 1.32. The zero-order valence-corrected chi connectivity index (χ0v) is 22.6. The van der Waals surface area contributed by atoms with Crippen LogP contribution in [0, 0.1) is 17.7 Å². The maximum atomic E-state index is 16.4. The Bertz CT molecular complexity index is 1530. The first kappa shape index (κ1) is 24.9. The number of ether oxygens (including phenoxy) is 2. The third-order valence-corrected chi connectivity index (χ3v) is 8.90. The van der Waals surface area contributed by atoms with Crippen LogP contribution in [0.3, 0.4) is 0 Å². The second kappa shape index (κ2) is 10.2. The van der Waals surface area contributed by atoms with Crippen LogP contribution < -0.4 is 15.0 Å². The van der Waals surface area contributed by atoms with Gasteiger partial charge in [-0.2, -0.15) is 9.97 Å². The zero-order chi connectivity index (χ0) is 26.5. The number of hydrogen-bond donors (Lipinski definition) is 1. The minimum atomic E-state index is -0.494. The van der Waals surface area contributed by atoms with Gasteiger partial charge in [-0.3, -0.25) is 4.98 Å². The summed E-state index contributed by atoms with van der Waals surface area (Å²) in [6.45, 7) is 2.98. The SMILES string of the molecule is CO[C@H]1CN[C@H](COc2nc(N3CC4CCC(C4)C3)c3cnc(-c4cccc5cccc(Cl)c45)c(F)c3n2)C1. The van der Waals surface area contributed by atoms with Crippen LogP contribution >= 0.6 is 11.6 Å². The van der Waals surface area contributed by atoms with Gasteiger partial charge in [-0.25, -0.2) is 4.39 Å². The second-order valence-corrected chi connectivity index (χ2v) is 11.5. The van der Waals surface area contributed by atoms with Crippen molar-refractivity contribution in [1.29, 1.82) is 0 Å². The topological polar surface area (TPSA) is 72.4 Å². The monoisotopic (exact) mass is 547 g/mol. The average Bonchev–Trinajstić information content (AvgIpc) is 3.57. The van der Waals surface area contributed by atoms with E-state index < -0.39 is 5.82 Å². The number of nitrogens with zero attached hydrogens (tertiary/aromatic N) is 4. The molecule has 39 heavy (non-hydrogen) atoms. The first-order chi connectivity index (χ1) is 19.1. The predicted molar refractivity (Wildman–Crippen MR) is 151 cm³/mol. The van der Waals surface area contributed by atoms with Gasteiger partial charge in [-0.15, -0.1) is 0 Å². The van der Waals surface area contributed by atoms with Crippen molar-refractivity contribution in [3.05, 3.63) is 53.4 Å². The molecule has 3 fully saturated rings. The Kier molecular flexibility index (Phi) is 6.49. The molecule has 2 aromatic heterocycles. The van der Waals surface area contributed by atoms with Gasteiger partial charge in [0.2, 0.25) is 0 Å². The van der Waals surface area contributed by atoms with Crippen LogP contribution in [0.25, 0.3) is 32.9 Å². The molecule has 2 unspecified atom stereocenters. The number of anilines is 1. The molecule has 3 aliphatic rings. The number of aromatic nitrogens is 3. The molecule has 4 heterocycles. The number of fused-ring (bicyclic) bond motifs is 4. The first-order valence-electron chi connectivity index (χ1n) is 13.7. The lowest BCUT2D eigenvalue weighted by molar-refractivity contribution is 0.115. The Hall–Kier alpha value is -3.07. The summed E-state index contributed by atoms with van der Waals surface area (Å²) in [7, 11) is 1.72. The molecule has 0 amide bonds. The Labute approximate surface area is 231 Å². The van der Waals surface area contributed by atoms with Crippen molar-refractivity contribution < 1.29 is 13.9 Å². The van der Waals surface area contributed by atoms with Gasteiger partial charge in [0.25, 0.3) is 0 Å². The van der Waals surface area contributed by atoms with Crippen molar-refractivity contribution in [3.8, 4) is 17.3 Å². The molecule has 2 bridgehead atoms. The standard InChI is InChI=1S/C30H31ClFN5O2/c1-38-21-11-20(33-12-21)16-39-30-35-28-23(29(36-30)37-14-17-8-9-18(10-17)15-37)13-34-27(26(28)32)22-6-2-4-19-5-3-7-24(31)25(19)22/h2-7,13,17-18,20-21,33H,8-12,14-16H2,1H3/t17?,18?,20-,21+/m0/s1. The summed E-state index contributed by atoms with van der Waals surface area (Å²) in [5.41, 5.74) is 1.07. The summed E-state index contributed by atoms with van der Waals surface area (Å²) >= 11 is 6.57. The summed E-state index contributed by atoms with van der Waals surface area (Å²) in [4.78, 5) is 16.4. The number of benzene rings is 2. The van der Waals surface area contributed by atoms with Gasteiger partial charge in [0.05, 0.1) is 11.5 Å². The van der Waals surface area contributed by atoms with Crippen LogP contribution in [0.5, 0.6) is 6.01 Å². The normalized spacial score (nSPS) is 24.6.